The smallest absolute Gasteiger partial charge is 0.188 e. The van der Waals surface area contributed by atoms with Gasteiger partial charge in [-0.3, -0.25) is 4.99 Å². The van der Waals surface area contributed by atoms with Gasteiger partial charge in [0.15, 0.2) is 5.96 Å². The summed E-state index contributed by atoms with van der Waals surface area (Å²) in [6, 6.07) is 0. The predicted octanol–water partition coefficient (Wildman–Crippen LogP) is 3.88. The van der Waals surface area contributed by atoms with E-state index in [1.165, 1.54) is 24.3 Å². The van der Waals surface area contributed by atoms with E-state index in [4.69, 9.17) is 5.73 Å². The van der Waals surface area contributed by atoms with E-state index in [0.29, 0.717) is 5.96 Å². The number of nitrogens with zero attached hydrogens (tertiary/aromatic N) is 2. The molecule has 0 amide bonds. The number of hydrogen-bond donors (Lipinski definition) is 2. The van der Waals surface area contributed by atoms with Gasteiger partial charge in [0.05, 0.1) is 5.01 Å². The molecule has 122 valence electrons. The van der Waals surface area contributed by atoms with E-state index in [-0.39, 0.29) is 24.0 Å². The van der Waals surface area contributed by atoms with Crippen LogP contribution in [0.5, 0.6) is 0 Å². The number of thiazole rings is 1. The molecule has 21 heavy (non-hydrogen) atoms. The summed E-state index contributed by atoms with van der Waals surface area (Å²) in [4.78, 5) is 8.79. The second-order valence-corrected chi connectivity index (χ2v) is 6.04. The lowest BCUT2D eigenvalue weighted by Gasteiger charge is -2.05. The predicted molar refractivity (Wildman–Crippen MR) is 104 cm³/mol. The lowest BCUT2D eigenvalue weighted by molar-refractivity contribution is 0.669. The van der Waals surface area contributed by atoms with Crippen LogP contribution in [0.3, 0.4) is 0 Å². The highest BCUT2D eigenvalue weighted by Gasteiger charge is 1.98. The molecule has 0 aliphatic rings. The maximum Gasteiger partial charge on any atom is 0.188 e. The van der Waals surface area contributed by atoms with E-state index in [9.17, 15) is 0 Å². The zero-order chi connectivity index (χ0) is 14.6. The molecule has 0 bridgehead atoms. The number of nitrogens with one attached hydrogen (secondary N) is 1. The molecule has 1 aromatic heterocycles. The summed E-state index contributed by atoms with van der Waals surface area (Å²) >= 11 is 1.75. The molecule has 0 radical (unpaired) electrons. The van der Waals surface area contributed by atoms with Crippen LogP contribution in [0, 0.1) is 6.92 Å². The zero-order valence-electron chi connectivity index (χ0n) is 13.2. The minimum absolute atomic E-state index is 0. The van der Waals surface area contributed by atoms with Gasteiger partial charge in [0, 0.05) is 24.2 Å². The van der Waals surface area contributed by atoms with Crippen LogP contribution >= 0.6 is 35.3 Å². The SMILES string of the molecule is CCCCCCN=C(N)NCCCCc1nc(C)cs1.I. The molecule has 0 fully saturated rings. The third-order valence-electron chi connectivity index (χ3n) is 3.08. The van der Waals surface area contributed by atoms with Gasteiger partial charge in [-0.15, -0.1) is 35.3 Å². The Hall–Kier alpha value is -0.370. The van der Waals surface area contributed by atoms with Gasteiger partial charge < -0.3 is 11.1 Å². The standard InChI is InChI=1S/C15H28N4S.HI/c1-3-4-5-7-10-17-15(16)18-11-8-6-9-14-19-13(2)12-20-14;/h12H,3-11H2,1-2H3,(H3,16,17,18);1H. The molecule has 1 heterocycles. The lowest BCUT2D eigenvalue weighted by Crippen LogP contribution is -2.32. The monoisotopic (exact) mass is 424 g/mol. The largest absolute Gasteiger partial charge is 0.370 e. The van der Waals surface area contributed by atoms with Gasteiger partial charge in [0.2, 0.25) is 0 Å². The van der Waals surface area contributed by atoms with Crippen molar-refractivity contribution in [2.75, 3.05) is 13.1 Å². The minimum Gasteiger partial charge on any atom is -0.370 e. The van der Waals surface area contributed by atoms with Crippen molar-refractivity contribution in [2.24, 2.45) is 10.7 Å². The first-order valence-electron chi connectivity index (χ1n) is 7.67. The maximum atomic E-state index is 5.81. The molecule has 0 aliphatic carbocycles. The van der Waals surface area contributed by atoms with Gasteiger partial charge in [-0.1, -0.05) is 26.2 Å². The topological polar surface area (TPSA) is 63.3 Å². The fourth-order valence-electron chi connectivity index (χ4n) is 1.93. The average Bonchev–Trinajstić information content (AvgIpc) is 2.84. The molecule has 0 atom stereocenters. The molecule has 0 unspecified atom stereocenters. The molecular weight excluding hydrogens is 395 g/mol. The number of aromatic nitrogens is 1. The lowest BCUT2D eigenvalue weighted by atomic mass is 10.2. The second kappa shape index (κ2) is 13.3. The number of guanidine groups is 1. The van der Waals surface area contributed by atoms with Crippen molar-refractivity contribution in [1.29, 1.82) is 0 Å². The van der Waals surface area contributed by atoms with E-state index in [1.54, 1.807) is 11.3 Å². The van der Waals surface area contributed by atoms with E-state index in [0.717, 1.165) is 44.5 Å². The molecule has 0 aromatic carbocycles. The van der Waals surface area contributed by atoms with Crippen LogP contribution in [0.1, 0.15) is 56.2 Å². The van der Waals surface area contributed by atoms with Crippen LogP contribution in [0.2, 0.25) is 0 Å². The van der Waals surface area contributed by atoms with Gasteiger partial charge >= 0.3 is 0 Å². The maximum absolute atomic E-state index is 5.81. The summed E-state index contributed by atoms with van der Waals surface area (Å²) in [5.41, 5.74) is 6.94. The first-order chi connectivity index (χ1) is 9.72. The number of nitrogens with two attached hydrogens (primary N) is 1. The number of rotatable bonds is 10. The fraction of sp³-hybridized carbons (Fsp3) is 0.733. The molecule has 3 N–H and O–H groups in total. The van der Waals surface area contributed by atoms with Crippen molar-refractivity contribution in [3.8, 4) is 0 Å². The van der Waals surface area contributed by atoms with E-state index in [2.05, 4.69) is 27.6 Å². The van der Waals surface area contributed by atoms with Gasteiger partial charge in [-0.2, -0.15) is 0 Å². The molecule has 0 saturated heterocycles. The van der Waals surface area contributed by atoms with Gasteiger partial charge in [0.25, 0.3) is 0 Å². The first-order valence-corrected chi connectivity index (χ1v) is 8.55. The van der Waals surface area contributed by atoms with Gasteiger partial charge in [-0.05, 0) is 32.6 Å². The highest BCUT2D eigenvalue weighted by molar-refractivity contribution is 14.0. The summed E-state index contributed by atoms with van der Waals surface area (Å²) in [7, 11) is 0. The van der Waals surface area contributed by atoms with Crippen molar-refractivity contribution in [1.82, 2.24) is 10.3 Å². The van der Waals surface area contributed by atoms with Crippen LogP contribution in [-0.2, 0) is 6.42 Å². The van der Waals surface area contributed by atoms with Crippen molar-refractivity contribution in [3.63, 3.8) is 0 Å². The molecular formula is C15H29IN4S. The summed E-state index contributed by atoms with van der Waals surface area (Å²) in [5.74, 6) is 0.589. The number of unbranched alkanes of at least 4 members (excludes halogenated alkanes) is 4. The Morgan fingerprint density at radius 1 is 1.29 bits per heavy atom. The van der Waals surface area contributed by atoms with Crippen LogP contribution in [0.25, 0.3) is 0 Å². The average molecular weight is 424 g/mol. The molecule has 0 saturated carbocycles. The highest BCUT2D eigenvalue weighted by atomic mass is 127. The van der Waals surface area contributed by atoms with E-state index < -0.39 is 0 Å². The Kier molecular flexibility index (Phi) is 13.1. The molecule has 6 heteroatoms. The second-order valence-electron chi connectivity index (χ2n) is 5.09. The normalized spacial score (nSPS) is 11.2. The first kappa shape index (κ1) is 20.6. The van der Waals surface area contributed by atoms with Gasteiger partial charge in [-0.25, -0.2) is 4.98 Å². The van der Waals surface area contributed by atoms with Crippen molar-refractivity contribution in [2.45, 2.75) is 58.8 Å². The van der Waals surface area contributed by atoms with E-state index in [1.807, 2.05) is 6.92 Å². The van der Waals surface area contributed by atoms with Crippen LogP contribution in [-0.4, -0.2) is 24.0 Å². The molecule has 0 spiro atoms. The number of hydrogen-bond acceptors (Lipinski definition) is 3. The van der Waals surface area contributed by atoms with Crippen molar-refractivity contribution < 1.29 is 0 Å². The number of aryl methyl sites for hydroxylation is 2. The quantitative estimate of drug-likeness (QED) is 0.259. The molecule has 4 nitrogen and oxygen atoms in total. The summed E-state index contributed by atoms with van der Waals surface area (Å²) in [5, 5.41) is 6.52. The van der Waals surface area contributed by atoms with E-state index >= 15 is 0 Å². The third-order valence-corrected chi connectivity index (χ3v) is 4.11. The Bertz CT molecular complexity index is 393. The zero-order valence-corrected chi connectivity index (χ0v) is 16.4. The molecule has 1 rings (SSSR count). The third kappa shape index (κ3) is 10.9. The Labute approximate surface area is 150 Å². The van der Waals surface area contributed by atoms with Crippen LogP contribution in [0.4, 0.5) is 0 Å². The van der Waals surface area contributed by atoms with Gasteiger partial charge in [0.1, 0.15) is 0 Å². The molecule has 1 aromatic rings. The summed E-state index contributed by atoms with van der Waals surface area (Å²) in [6.45, 7) is 6.00. The number of halogens is 1. The minimum atomic E-state index is 0. The number of aliphatic imine (C=N–C) groups is 1. The van der Waals surface area contributed by atoms with Crippen molar-refractivity contribution in [3.05, 3.63) is 16.1 Å². The fourth-order valence-corrected chi connectivity index (χ4v) is 2.75. The van der Waals surface area contributed by atoms with Crippen molar-refractivity contribution >= 4 is 41.3 Å². The Balaban J connectivity index is 0.00000400. The summed E-state index contributed by atoms with van der Waals surface area (Å²) < 4.78 is 0. The Morgan fingerprint density at radius 2 is 2.10 bits per heavy atom. The Morgan fingerprint density at radius 3 is 2.76 bits per heavy atom. The van der Waals surface area contributed by atoms with Crippen LogP contribution in [0.15, 0.2) is 10.4 Å². The molecule has 0 aliphatic heterocycles. The van der Waals surface area contributed by atoms with Crippen LogP contribution < -0.4 is 11.1 Å². The highest BCUT2D eigenvalue weighted by Crippen LogP contribution is 2.11. The summed E-state index contributed by atoms with van der Waals surface area (Å²) in [6.07, 6.45) is 8.25.